The van der Waals surface area contributed by atoms with Crippen molar-refractivity contribution in [2.45, 2.75) is 11.8 Å². The van der Waals surface area contributed by atoms with Crippen molar-refractivity contribution in [3.8, 4) is 11.1 Å². The Labute approximate surface area is 164 Å². The molecule has 3 aromatic rings. The molecule has 0 saturated carbocycles. The van der Waals surface area contributed by atoms with Crippen LogP contribution in [0.3, 0.4) is 0 Å². The Balaban J connectivity index is 1.77. The number of hydrazine groups is 1. The van der Waals surface area contributed by atoms with Crippen LogP contribution in [0.15, 0.2) is 69.3 Å². The lowest BCUT2D eigenvalue weighted by Gasteiger charge is -2.09. The average Bonchev–Trinajstić information content (AvgIpc) is 3.10. The van der Waals surface area contributed by atoms with E-state index in [0.717, 1.165) is 16.7 Å². The number of thiophene rings is 1. The summed E-state index contributed by atoms with van der Waals surface area (Å²) in [4.78, 5) is 15.1. The van der Waals surface area contributed by atoms with Crippen molar-refractivity contribution < 1.29 is 13.2 Å². The smallest absolute Gasteiger partial charge is 0.273 e. The van der Waals surface area contributed by atoms with Crippen molar-refractivity contribution in [1.82, 2.24) is 10.3 Å². The van der Waals surface area contributed by atoms with Gasteiger partial charge in [-0.05, 0) is 42.1 Å². The van der Waals surface area contributed by atoms with E-state index in [-0.39, 0.29) is 4.90 Å². The van der Waals surface area contributed by atoms with Gasteiger partial charge in [-0.2, -0.15) is 0 Å². The van der Waals surface area contributed by atoms with Crippen molar-refractivity contribution >= 4 is 43.2 Å². The first kappa shape index (κ1) is 18.8. The van der Waals surface area contributed by atoms with Gasteiger partial charge in [-0.15, -0.1) is 16.2 Å². The summed E-state index contributed by atoms with van der Waals surface area (Å²) >= 11 is 4.48. The van der Waals surface area contributed by atoms with Crippen LogP contribution >= 0.6 is 27.3 Å². The lowest BCUT2D eigenvalue weighted by atomic mass is 10.1. The summed E-state index contributed by atoms with van der Waals surface area (Å²) in [5.74, 6) is -0.505. The maximum Gasteiger partial charge on any atom is 0.276 e. The van der Waals surface area contributed by atoms with E-state index in [4.69, 9.17) is 0 Å². The molecule has 0 aliphatic heterocycles. The van der Waals surface area contributed by atoms with Gasteiger partial charge in [0, 0.05) is 10.0 Å². The van der Waals surface area contributed by atoms with Crippen molar-refractivity contribution in [2.24, 2.45) is 0 Å². The molecular weight excluding hydrogens is 436 g/mol. The van der Waals surface area contributed by atoms with Gasteiger partial charge in [0.05, 0.1) is 4.90 Å². The van der Waals surface area contributed by atoms with E-state index in [9.17, 15) is 13.2 Å². The molecule has 0 saturated heterocycles. The molecule has 1 heterocycles. The lowest BCUT2D eigenvalue weighted by molar-refractivity contribution is 0.0950. The minimum atomic E-state index is -3.86. The van der Waals surface area contributed by atoms with Crippen LogP contribution in [0.4, 0.5) is 0 Å². The summed E-state index contributed by atoms with van der Waals surface area (Å²) in [5.41, 5.74) is 5.06. The van der Waals surface area contributed by atoms with Crippen LogP contribution in [-0.4, -0.2) is 14.3 Å². The highest BCUT2D eigenvalue weighted by molar-refractivity contribution is 9.10. The van der Waals surface area contributed by atoms with Gasteiger partial charge >= 0.3 is 0 Å². The Morgan fingerprint density at radius 3 is 2.50 bits per heavy atom. The Morgan fingerprint density at radius 2 is 1.81 bits per heavy atom. The highest BCUT2D eigenvalue weighted by Crippen LogP contribution is 2.28. The number of sulfonamides is 1. The molecule has 0 radical (unpaired) electrons. The number of carbonyl (C=O) groups excluding carboxylic acids is 1. The lowest BCUT2D eigenvalue weighted by Crippen LogP contribution is -2.41. The molecule has 0 aliphatic carbocycles. The SMILES string of the molecule is Cc1ccc(-c2ccsc2C(=O)NNS(=O)(=O)c2cccc(Br)c2)cc1. The second-order valence-electron chi connectivity index (χ2n) is 5.55. The number of amides is 1. The molecular formula is C18H15BrN2O3S2. The van der Waals surface area contributed by atoms with Crippen LogP contribution in [0.25, 0.3) is 11.1 Å². The van der Waals surface area contributed by atoms with Crippen molar-refractivity contribution in [2.75, 3.05) is 0 Å². The third kappa shape index (κ3) is 4.21. The number of halogens is 1. The molecule has 26 heavy (non-hydrogen) atoms. The van der Waals surface area contributed by atoms with Gasteiger partial charge in [0.1, 0.15) is 4.88 Å². The van der Waals surface area contributed by atoms with E-state index in [1.807, 2.05) is 37.3 Å². The number of aryl methyl sites for hydroxylation is 1. The average molecular weight is 451 g/mol. The van der Waals surface area contributed by atoms with Crippen LogP contribution in [-0.2, 0) is 10.0 Å². The van der Waals surface area contributed by atoms with Crippen LogP contribution in [0.2, 0.25) is 0 Å². The first-order chi connectivity index (χ1) is 12.4. The van der Waals surface area contributed by atoms with Gasteiger partial charge < -0.3 is 0 Å². The first-order valence-corrected chi connectivity index (χ1v) is 10.7. The summed E-state index contributed by atoms with van der Waals surface area (Å²) < 4.78 is 25.2. The van der Waals surface area contributed by atoms with Crippen molar-refractivity contribution in [1.29, 1.82) is 0 Å². The van der Waals surface area contributed by atoms with Crippen LogP contribution in [0, 0.1) is 6.92 Å². The number of nitrogens with one attached hydrogen (secondary N) is 2. The zero-order chi connectivity index (χ0) is 18.7. The minimum absolute atomic E-state index is 0.0529. The van der Waals surface area contributed by atoms with E-state index in [1.165, 1.54) is 23.5 Å². The monoisotopic (exact) mass is 450 g/mol. The van der Waals surface area contributed by atoms with Crippen LogP contribution < -0.4 is 10.3 Å². The summed E-state index contributed by atoms with van der Waals surface area (Å²) in [6, 6.07) is 15.9. The second kappa shape index (κ2) is 7.71. The molecule has 8 heteroatoms. The van der Waals surface area contributed by atoms with E-state index in [2.05, 4.69) is 26.2 Å². The zero-order valence-corrected chi connectivity index (χ0v) is 16.9. The fourth-order valence-corrected chi connectivity index (χ4v) is 4.56. The molecule has 0 atom stereocenters. The summed E-state index contributed by atoms with van der Waals surface area (Å²) in [5, 5.41) is 1.80. The van der Waals surface area contributed by atoms with E-state index in [0.29, 0.717) is 9.35 Å². The fourth-order valence-electron chi connectivity index (χ4n) is 2.31. The topological polar surface area (TPSA) is 75.3 Å². The molecule has 1 amide bonds. The number of hydrogen-bond donors (Lipinski definition) is 2. The number of benzene rings is 2. The molecule has 134 valence electrons. The molecule has 1 aromatic heterocycles. The van der Waals surface area contributed by atoms with Crippen LogP contribution in [0.5, 0.6) is 0 Å². The van der Waals surface area contributed by atoms with Gasteiger partial charge in [0.25, 0.3) is 15.9 Å². The van der Waals surface area contributed by atoms with Gasteiger partial charge in [-0.25, -0.2) is 8.42 Å². The van der Waals surface area contributed by atoms with Gasteiger partial charge in [-0.1, -0.05) is 51.8 Å². The second-order valence-corrected chi connectivity index (χ2v) is 9.06. The predicted octanol–water partition coefficient (Wildman–Crippen LogP) is 4.11. The number of rotatable bonds is 5. The Hall–Kier alpha value is -2.00. The quantitative estimate of drug-likeness (QED) is 0.574. The van der Waals surface area contributed by atoms with E-state index >= 15 is 0 Å². The fraction of sp³-hybridized carbons (Fsp3) is 0.0556. The maximum atomic E-state index is 12.5. The normalized spacial score (nSPS) is 11.3. The zero-order valence-electron chi connectivity index (χ0n) is 13.7. The molecule has 0 aliphatic rings. The van der Waals surface area contributed by atoms with Gasteiger partial charge in [0.2, 0.25) is 0 Å². The molecule has 5 nitrogen and oxygen atoms in total. The molecule has 0 spiro atoms. The molecule has 0 fully saturated rings. The third-order valence-electron chi connectivity index (χ3n) is 3.64. The standard InChI is InChI=1S/C18H15BrN2O3S2/c1-12-5-7-13(8-6-12)16-9-10-25-17(16)18(22)20-21-26(23,24)15-4-2-3-14(19)11-15/h2-11,21H,1H3,(H,20,22). The van der Waals surface area contributed by atoms with Gasteiger partial charge in [0.15, 0.2) is 0 Å². The largest absolute Gasteiger partial charge is 0.276 e. The summed E-state index contributed by atoms with van der Waals surface area (Å²) in [6.07, 6.45) is 0. The molecule has 2 N–H and O–H groups in total. The number of carbonyl (C=O) groups is 1. The Bertz CT molecular complexity index is 1040. The van der Waals surface area contributed by atoms with E-state index < -0.39 is 15.9 Å². The van der Waals surface area contributed by atoms with Crippen LogP contribution in [0.1, 0.15) is 15.2 Å². The first-order valence-electron chi connectivity index (χ1n) is 7.59. The molecule has 0 unspecified atom stereocenters. The van der Waals surface area contributed by atoms with Crippen molar-refractivity contribution in [3.05, 3.63) is 74.9 Å². The predicted molar refractivity (Wildman–Crippen MR) is 106 cm³/mol. The third-order valence-corrected chi connectivity index (χ3v) is 6.29. The Morgan fingerprint density at radius 1 is 1.08 bits per heavy atom. The minimum Gasteiger partial charge on any atom is -0.273 e. The summed E-state index contributed by atoms with van der Waals surface area (Å²) in [7, 11) is -3.86. The number of hydrogen-bond acceptors (Lipinski definition) is 4. The molecule has 0 bridgehead atoms. The highest BCUT2D eigenvalue weighted by atomic mass is 79.9. The highest BCUT2D eigenvalue weighted by Gasteiger charge is 2.19. The summed E-state index contributed by atoms with van der Waals surface area (Å²) in [6.45, 7) is 1.99. The molecule has 3 rings (SSSR count). The van der Waals surface area contributed by atoms with Crippen molar-refractivity contribution in [3.63, 3.8) is 0 Å². The van der Waals surface area contributed by atoms with E-state index in [1.54, 1.807) is 17.5 Å². The maximum absolute atomic E-state index is 12.5. The molecule has 2 aromatic carbocycles. The van der Waals surface area contributed by atoms with Gasteiger partial charge in [-0.3, -0.25) is 10.2 Å². The Kier molecular flexibility index (Phi) is 5.57.